The second-order valence-electron chi connectivity index (χ2n) is 8.17. The summed E-state index contributed by atoms with van der Waals surface area (Å²) in [4.78, 5) is 31.7. The highest BCUT2D eigenvalue weighted by Crippen LogP contribution is 2.38. The smallest absolute Gasteiger partial charge is 0.254 e. The van der Waals surface area contributed by atoms with Crippen LogP contribution in [-0.4, -0.2) is 48.4 Å². The van der Waals surface area contributed by atoms with Crippen LogP contribution < -0.4 is 4.74 Å². The topological polar surface area (TPSA) is 49.9 Å². The summed E-state index contributed by atoms with van der Waals surface area (Å²) < 4.78 is 5.31. The van der Waals surface area contributed by atoms with Gasteiger partial charge in [-0.15, -0.1) is 11.3 Å². The van der Waals surface area contributed by atoms with Crippen molar-refractivity contribution in [2.45, 2.75) is 25.8 Å². The first kappa shape index (κ1) is 24.6. The van der Waals surface area contributed by atoms with Crippen molar-refractivity contribution >= 4 is 46.4 Å². The third-order valence-corrected chi connectivity index (χ3v) is 7.73. The Bertz CT molecular complexity index is 1180. The number of hydrogen-bond acceptors (Lipinski definition) is 4. The summed E-state index contributed by atoms with van der Waals surface area (Å²) >= 11 is 13.9. The van der Waals surface area contributed by atoms with Crippen LogP contribution in [0, 0.1) is 0 Å². The van der Waals surface area contributed by atoms with Gasteiger partial charge in [0.15, 0.2) is 0 Å². The van der Waals surface area contributed by atoms with E-state index in [9.17, 15) is 9.59 Å². The Morgan fingerprint density at radius 2 is 1.88 bits per heavy atom. The van der Waals surface area contributed by atoms with E-state index in [0.29, 0.717) is 28.7 Å². The molecule has 178 valence electrons. The van der Waals surface area contributed by atoms with Gasteiger partial charge in [-0.2, -0.15) is 0 Å². The third-order valence-electron chi connectivity index (χ3n) is 5.99. The number of carbonyl (C=O) groups excluding carboxylic acids is 2. The molecule has 1 aliphatic heterocycles. The van der Waals surface area contributed by atoms with Gasteiger partial charge in [0.25, 0.3) is 5.91 Å². The number of carbonyl (C=O) groups is 2. The summed E-state index contributed by atoms with van der Waals surface area (Å²) in [6.45, 7) is 3.05. The zero-order valence-corrected chi connectivity index (χ0v) is 21.4. The molecular weight excluding hydrogens is 491 g/mol. The molecule has 1 aromatic heterocycles. The predicted molar refractivity (Wildman–Crippen MR) is 137 cm³/mol. The van der Waals surface area contributed by atoms with Crippen molar-refractivity contribution in [1.29, 1.82) is 0 Å². The molecule has 1 aliphatic rings. The Morgan fingerprint density at radius 3 is 2.56 bits per heavy atom. The Hall–Kier alpha value is -2.54. The van der Waals surface area contributed by atoms with Crippen molar-refractivity contribution in [1.82, 2.24) is 9.80 Å². The number of ether oxygens (including phenoxy) is 1. The van der Waals surface area contributed by atoms with Gasteiger partial charge in [0, 0.05) is 23.5 Å². The van der Waals surface area contributed by atoms with Crippen LogP contribution in [0.25, 0.3) is 0 Å². The Kier molecular flexibility index (Phi) is 7.81. The summed E-state index contributed by atoms with van der Waals surface area (Å²) in [6.07, 6.45) is 1.54. The molecule has 34 heavy (non-hydrogen) atoms. The number of methoxy groups -OCH3 is 1. The number of rotatable bonds is 7. The van der Waals surface area contributed by atoms with Crippen LogP contribution >= 0.6 is 34.5 Å². The SMILES string of the molecule is CCCN(CC(=O)N1CCc2sccc2C1c1ccc(OC)cc1)C(=O)c1ccc(Cl)c(Cl)c1. The maximum Gasteiger partial charge on any atom is 0.254 e. The normalized spacial score (nSPS) is 15.1. The molecule has 8 heteroatoms. The molecule has 1 unspecified atom stereocenters. The molecule has 2 heterocycles. The van der Waals surface area contributed by atoms with Crippen molar-refractivity contribution in [3.63, 3.8) is 0 Å². The summed E-state index contributed by atoms with van der Waals surface area (Å²) in [5.41, 5.74) is 2.58. The highest BCUT2D eigenvalue weighted by Gasteiger charge is 2.34. The van der Waals surface area contributed by atoms with Gasteiger partial charge in [0.05, 0.1) is 23.2 Å². The molecule has 1 atom stereocenters. The minimum absolute atomic E-state index is 0.000948. The van der Waals surface area contributed by atoms with Crippen LogP contribution in [0.2, 0.25) is 10.0 Å². The van der Waals surface area contributed by atoms with E-state index >= 15 is 0 Å². The minimum Gasteiger partial charge on any atom is -0.497 e. The van der Waals surface area contributed by atoms with Crippen molar-refractivity contribution in [3.8, 4) is 5.75 Å². The molecule has 0 N–H and O–H groups in total. The fourth-order valence-electron chi connectivity index (χ4n) is 4.32. The second kappa shape index (κ2) is 10.8. The van der Waals surface area contributed by atoms with E-state index in [2.05, 4.69) is 11.4 Å². The van der Waals surface area contributed by atoms with E-state index in [1.165, 1.54) is 4.88 Å². The molecule has 2 aromatic carbocycles. The number of nitrogens with zero attached hydrogens (tertiary/aromatic N) is 2. The molecule has 4 rings (SSSR count). The average molecular weight is 517 g/mol. The quantitative estimate of drug-likeness (QED) is 0.381. The summed E-state index contributed by atoms with van der Waals surface area (Å²) in [7, 11) is 1.63. The Morgan fingerprint density at radius 1 is 1.12 bits per heavy atom. The van der Waals surface area contributed by atoms with E-state index in [4.69, 9.17) is 27.9 Å². The zero-order chi connectivity index (χ0) is 24.2. The Balaban J connectivity index is 1.60. The molecule has 0 radical (unpaired) electrons. The van der Waals surface area contributed by atoms with E-state index in [1.54, 1.807) is 41.5 Å². The maximum atomic E-state index is 13.6. The average Bonchev–Trinajstić information content (AvgIpc) is 3.33. The summed E-state index contributed by atoms with van der Waals surface area (Å²) in [5.74, 6) is 0.451. The molecule has 0 bridgehead atoms. The van der Waals surface area contributed by atoms with Gasteiger partial charge in [-0.05, 0) is 65.7 Å². The van der Waals surface area contributed by atoms with Gasteiger partial charge in [0.2, 0.25) is 5.91 Å². The van der Waals surface area contributed by atoms with E-state index in [-0.39, 0.29) is 24.4 Å². The summed E-state index contributed by atoms with van der Waals surface area (Å²) in [6, 6.07) is 14.5. The van der Waals surface area contributed by atoms with E-state index < -0.39 is 0 Å². The van der Waals surface area contributed by atoms with Gasteiger partial charge in [0.1, 0.15) is 12.3 Å². The van der Waals surface area contributed by atoms with Crippen molar-refractivity contribution in [2.24, 2.45) is 0 Å². The largest absolute Gasteiger partial charge is 0.497 e. The van der Waals surface area contributed by atoms with Crippen molar-refractivity contribution in [2.75, 3.05) is 26.7 Å². The number of benzene rings is 2. The maximum absolute atomic E-state index is 13.6. The van der Waals surface area contributed by atoms with Gasteiger partial charge in [-0.1, -0.05) is 42.3 Å². The predicted octanol–water partition coefficient (Wildman–Crippen LogP) is 6.09. The van der Waals surface area contributed by atoms with Gasteiger partial charge in [-0.25, -0.2) is 0 Å². The molecule has 0 fully saturated rings. The van der Waals surface area contributed by atoms with Gasteiger partial charge >= 0.3 is 0 Å². The van der Waals surface area contributed by atoms with Crippen LogP contribution in [0.15, 0.2) is 53.9 Å². The molecule has 3 aromatic rings. The van der Waals surface area contributed by atoms with Crippen LogP contribution in [-0.2, 0) is 11.2 Å². The lowest BCUT2D eigenvalue weighted by Gasteiger charge is -2.37. The zero-order valence-electron chi connectivity index (χ0n) is 19.1. The fraction of sp³-hybridized carbons (Fsp3) is 0.308. The first-order valence-corrected chi connectivity index (χ1v) is 12.8. The highest BCUT2D eigenvalue weighted by atomic mass is 35.5. The molecule has 0 saturated carbocycles. The van der Waals surface area contributed by atoms with Crippen LogP contribution in [0.5, 0.6) is 5.75 Å². The molecule has 0 spiro atoms. The number of thiophene rings is 1. The number of fused-ring (bicyclic) bond motifs is 1. The first-order chi connectivity index (χ1) is 16.4. The van der Waals surface area contributed by atoms with Crippen LogP contribution in [0.4, 0.5) is 0 Å². The highest BCUT2D eigenvalue weighted by molar-refractivity contribution is 7.10. The lowest BCUT2D eigenvalue weighted by Crippen LogP contribution is -2.47. The minimum atomic E-state index is -0.233. The number of halogens is 2. The first-order valence-electron chi connectivity index (χ1n) is 11.2. The lowest BCUT2D eigenvalue weighted by atomic mass is 9.93. The van der Waals surface area contributed by atoms with Crippen molar-refractivity contribution < 1.29 is 14.3 Å². The van der Waals surface area contributed by atoms with E-state index in [0.717, 1.165) is 29.7 Å². The van der Waals surface area contributed by atoms with Gasteiger partial charge < -0.3 is 14.5 Å². The fourth-order valence-corrected chi connectivity index (χ4v) is 5.52. The second-order valence-corrected chi connectivity index (χ2v) is 9.98. The van der Waals surface area contributed by atoms with Crippen molar-refractivity contribution in [3.05, 3.63) is 85.5 Å². The standard InChI is InChI=1S/C26H26Cl2N2O3S/c1-3-12-29(26(32)18-6-9-21(27)22(28)15-18)16-24(31)30-13-10-23-20(11-14-34-23)25(30)17-4-7-19(33-2)8-5-17/h4-9,11,14-15,25H,3,10,12-13,16H2,1-2H3. The lowest BCUT2D eigenvalue weighted by molar-refractivity contribution is -0.134. The monoisotopic (exact) mass is 516 g/mol. The molecule has 5 nitrogen and oxygen atoms in total. The molecule has 2 amide bonds. The van der Waals surface area contributed by atoms with Gasteiger partial charge in [-0.3, -0.25) is 9.59 Å². The molecule has 0 saturated heterocycles. The summed E-state index contributed by atoms with van der Waals surface area (Å²) in [5, 5.41) is 2.78. The third kappa shape index (κ3) is 5.09. The van der Waals surface area contributed by atoms with E-state index in [1.807, 2.05) is 36.1 Å². The number of hydrogen-bond donors (Lipinski definition) is 0. The molecule has 0 aliphatic carbocycles. The van der Waals surface area contributed by atoms with Crippen LogP contribution in [0.1, 0.15) is 45.7 Å². The Labute approximate surface area is 213 Å². The van der Waals surface area contributed by atoms with Crippen LogP contribution in [0.3, 0.4) is 0 Å². The number of amides is 2. The molecular formula is C26H26Cl2N2O3S.